The van der Waals surface area contributed by atoms with Crippen LogP contribution in [0.1, 0.15) is 5.56 Å². The van der Waals surface area contributed by atoms with Crippen molar-refractivity contribution in [3.63, 3.8) is 0 Å². The fraction of sp³-hybridized carbons (Fsp3) is 0.286. The number of nitrogens with zero attached hydrogens (tertiary/aromatic N) is 6. The van der Waals surface area contributed by atoms with Gasteiger partial charge in [-0.15, -0.1) is 0 Å². The lowest BCUT2D eigenvalue weighted by Crippen LogP contribution is -2.45. The maximum absolute atomic E-state index is 12.1. The summed E-state index contributed by atoms with van der Waals surface area (Å²) in [5, 5.41) is 17.0. The van der Waals surface area contributed by atoms with E-state index >= 15 is 0 Å². The van der Waals surface area contributed by atoms with Crippen LogP contribution >= 0.6 is 0 Å². The maximum atomic E-state index is 12.1. The van der Waals surface area contributed by atoms with E-state index in [1.807, 2.05) is 30.3 Å². The van der Waals surface area contributed by atoms with Crippen LogP contribution in [0.5, 0.6) is 0 Å². The molecule has 1 saturated heterocycles. The SMILES string of the molecule is O=C(Cn1cnc([N+](=O)[O-])n1)Nc1ccc(N2CCN(Cc3ccccc3)CC2)cc1. The molecule has 1 aliphatic heterocycles. The minimum atomic E-state index is -0.700. The van der Waals surface area contributed by atoms with Gasteiger partial charge in [-0.25, -0.2) is 0 Å². The second-order valence-electron chi connectivity index (χ2n) is 7.34. The zero-order valence-electron chi connectivity index (χ0n) is 16.9. The molecule has 1 fully saturated rings. The van der Waals surface area contributed by atoms with Crippen LogP contribution in [0.25, 0.3) is 0 Å². The summed E-state index contributed by atoms with van der Waals surface area (Å²) in [5.41, 5.74) is 3.10. The summed E-state index contributed by atoms with van der Waals surface area (Å²) in [6, 6.07) is 18.2. The number of aromatic nitrogens is 3. The van der Waals surface area contributed by atoms with E-state index in [4.69, 9.17) is 0 Å². The predicted molar refractivity (Wildman–Crippen MR) is 116 cm³/mol. The lowest BCUT2D eigenvalue weighted by molar-refractivity contribution is -0.394. The monoisotopic (exact) mass is 421 g/mol. The third-order valence-electron chi connectivity index (χ3n) is 5.13. The molecule has 0 saturated carbocycles. The Labute approximate surface area is 179 Å². The smallest absolute Gasteiger partial charge is 0.390 e. The first-order chi connectivity index (χ1) is 15.1. The molecule has 1 aromatic heterocycles. The standard InChI is InChI=1S/C21H23N7O3/c29-20(15-27-16-22-21(24-27)28(30)31)23-18-6-8-19(9-7-18)26-12-10-25(11-13-26)14-17-4-2-1-3-5-17/h1-9,16H,10-15H2,(H,23,29). The van der Waals surface area contributed by atoms with Crippen molar-refractivity contribution in [1.29, 1.82) is 0 Å². The van der Waals surface area contributed by atoms with Crippen LogP contribution in [-0.4, -0.2) is 56.7 Å². The molecule has 0 radical (unpaired) electrons. The maximum Gasteiger partial charge on any atom is 0.490 e. The number of amides is 1. The number of anilines is 2. The highest BCUT2D eigenvalue weighted by molar-refractivity contribution is 5.90. The molecule has 4 rings (SSSR count). The van der Waals surface area contributed by atoms with E-state index in [1.54, 1.807) is 0 Å². The van der Waals surface area contributed by atoms with Crippen LogP contribution in [0.4, 0.5) is 17.3 Å². The van der Waals surface area contributed by atoms with Gasteiger partial charge in [0.1, 0.15) is 6.54 Å². The minimum Gasteiger partial charge on any atom is -0.390 e. The molecule has 1 amide bonds. The molecular weight excluding hydrogens is 398 g/mol. The summed E-state index contributed by atoms with van der Waals surface area (Å²) in [4.78, 5) is 30.4. The number of rotatable bonds is 7. The molecule has 10 nitrogen and oxygen atoms in total. The summed E-state index contributed by atoms with van der Waals surface area (Å²) in [5.74, 6) is -0.858. The highest BCUT2D eigenvalue weighted by Crippen LogP contribution is 2.20. The lowest BCUT2D eigenvalue weighted by atomic mass is 10.2. The zero-order valence-corrected chi connectivity index (χ0v) is 16.9. The van der Waals surface area contributed by atoms with Crippen molar-refractivity contribution in [3.05, 3.63) is 76.6 Å². The van der Waals surface area contributed by atoms with E-state index in [-0.39, 0.29) is 12.5 Å². The van der Waals surface area contributed by atoms with E-state index in [9.17, 15) is 14.9 Å². The quantitative estimate of drug-likeness (QED) is 0.460. The van der Waals surface area contributed by atoms with Gasteiger partial charge in [-0.2, -0.15) is 4.68 Å². The number of nitrogens with one attached hydrogen (secondary N) is 1. The van der Waals surface area contributed by atoms with Crippen molar-refractivity contribution < 1.29 is 9.72 Å². The number of hydrogen-bond acceptors (Lipinski definition) is 7. The second kappa shape index (κ2) is 9.35. The largest absolute Gasteiger partial charge is 0.490 e. The highest BCUT2D eigenvalue weighted by atomic mass is 16.6. The van der Waals surface area contributed by atoms with Crippen LogP contribution in [0.15, 0.2) is 60.9 Å². The second-order valence-corrected chi connectivity index (χ2v) is 7.34. The average molecular weight is 421 g/mol. The molecule has 160 valence electrons. The molecule has 2 aromatic carbocycles. The van der Waals surface area contributed by atoms with E-state index in [0.29, 0.717) is 5.69 Å². The Morgan fingerprint density at radius 3 is 2.39 bits per heavy atom. The molecule has 0 unspecified atom stereocenters. The van der Waals surface area contributed by atoms with Crippen molar-refractivity contribution >= 4 is 23.2 Å². The van der Waals surface area contributed by atoms with Gasteiger partial charge in [-0.1, -0.05) is 35.3 Å². The predicted octanol–water partition coefficient (Wildman–Crippen LogP) is 2.15. The van der Waals surface area contributed by atoms with Gasteiger partial charge >= 0.3 is 5.95 Å². The van der Waals surface area contributed by atoms with Gasteiger partial charge in [0.15, 0.2) is 0 Å². The number of benzene rings is 2. The van der Waals surface area contributed by atoms with Gasteiger partial charge in [0.25, 0.3) is 0 Å². The molecule has 2 heterocycles. The summed E-state index contributed by atoms with van der Waals surface area (Å²) >= 11 is 0. The van der Waals surface area contributed by atoms with Crippen LogP contribution in [0.3, 0.4) is 0 Å². The summed E-state index contributed by atoms with van der Waals surface area (Å²) < 4.78 is 1.14. The van der Waals surface area contributed by atoms with Gasteiger partial charge in [0.05, 0.1) is 0 Å². The number of piperazine rings is 1. The number of carbonyl (C=O) groups excluding carboxylic acids is 1. The molecule has 0 spiro atoms. The number of carbonyl (C=O) groups is 1. The van der Waals surface area contributed by atoms with Gasteiger partial charge in [0.2, 0.25) is 12.2 Å². The summed E-state index contributed by atoms with van der Waals surface area (Å²) in [7, 11) is 0. The van der Waals surface area contributed by atoms with Gasteiger partial charge in [0, 0.05) is 49.2 Å². The Morgan fingerprint density at radius 2 is 1.74 bits per heavy atom. The molecule has 31 heavy (non-hydrogen) atoms. The molecule has 0 bridgehead atoms. The van der Waals surface area contributed by atoms with E-state index in [1.165, 1.54) is 5.56 Å². The Balaban J connectivity index is 1.26. The number of nitro groups is 1. The fourth-order valence-electron chi connectivity index (χ4n) is 3.55. The molecule has 1 aliphatic rings. The number of hydrogen-bond donors (Lipinski definition) is 1. The summed E-state index contributed by atoms with van der Waals surface area (Å²) in [6.45, 7) is 4.71. The Bertz CT molecular complexity index is 1030. The average Bonchev–Trinajstić information content (AvgIpc) is 3.24. The van der Waals surface area contributed by atoms with E-state index in [0.717, 1.165) is 49.4 Å². The Kier molecular flexibility index (Phi) is 6.18. The normalized spacial score (nSPS) is 14.4. The minimum absolute atomic E-state index is 0.147. The third kappa shape index (κ3) is 5.43. The van der Waals surface area contributed by atoms with E-state index in [2.05, 4.69) is 49.5 Å². The third-order valence-corrected chi connectivity index (χ3v) is 5.13. The molecule has 10 heteroatoms. The molecule has 1 N–H and O–H groups in total. The molecular formula is C21H23N7O3. The Hall–Kier alpha value is -3.79. The van der Waals surface area contributed by atoms with Crippen molar-refractivity contribution in [3.8, 4) is 0 Å². The van der Waals surface area contributed by atoms with Crippen LogP contribution < -0.4 is 10.2 Å². The van der Waals surface area contributed by atoms with Crippen LogP contribution in [0, 0.1) is 10.1 Å². The summed E-state index contributed by atoms with van der Waals surface area (Å²) in [6.07, 6.45) is 1.16. The highest BCUT2D eigenvalue weighted by Gasteiger charge is 2.18. The van der Waals surface area contributed by atoms with E-state index < -0.39 is 10.9 Å². The van der Waals surface area contributed by atoms with Crippen LogP contribution in [0.2, 0.25) is 0 Å². The topological polar surface area (TPSA) is 109 Å². The van der Waals surface area contributed by atoms with Gasteiger partial charge < -0.3 is 20.3 Å². The van der Waals surface area contributed by atoms with Gasteiger partial charge in [-0.05, 0) is 34.8 Å². The zero-order chi connectivity index (χ0) is 21.6. The van der Waals surface area contributed by atoms with Crippen molar-refractivity contribution in [2.75, 3.05) is 36.4 Å². The first kappa shape index (κ1) is 20.5. The Morgan fingerprint density at radius 1 is 1.03 bits per heavy atom. The molecule has 0 aliphatic carbocycles. The molecule has 3 aromatic rings. The van der Waals surface area contributed by atoms with Crippen LogP contribution in [-0.2, 0) is 17.9 Å². The first-order valence-electron chi connectivity index (χ1n) is 10.0. The first-order valence-corrected chi connectivity index (χ1v) is 10.0. The van der Waals surface area contributed by atoms with Gasteiger partial charge in [-0.3, -0.25) is 9.69 Å². The molecule has 0 atom stereocenters. The van der Waals surface area contributed by atoms with Crippen molar-refractivity contribution in [2.24, 2.45) is 0 Å². The fourth-order valence-corrected chi connectivity index (χ4v) is 3.55. The van der Waals surface area contributed by atoms with Crippen molar-refractivity contribution in [1.82, 2.24) is 19.7 Å². The van der Waals surface area contributed by atoms with Crippen molar-refractivity contribution in [2.45, 2.75) is 13.1 Å². The lowest BCUT2D eigenvalue weighted by Gasteiger charge is -2.36.